The summed E-state index contributed by atoms with van der Waals surface area (Å²) in [6.45, 7) is 6.69. The monoisotopic (exact) mass is 1080 g/mol. The van der Waals surface area contributed by atoms with Gasteiger partial charge in [0.2, 0.25) is 0 Å². The van der Waals surface area contributed by atoms with Crippen molar-refractivity contribution in [2.45, 2.75) is 386 Å². The highest BCUT2D eigenvalue weighted by Crippen LogP contribution is 2.18. The van der Waals surface area contributed by atoms with Gasteiger partial charge in [-0.1, -0.05) is 320 Å². The van der Waals surface area contributed by atoms with Crippen molar-refractivity contribution in [3.05, 3.63) is 36.5 Å². The number of esters is 3. The SMILES string of the molecule is CCCCCCC/C=C\C/C=C\CCCCCCCCCCCCCCCCCC(=O)OCC(COC(=O)CCCCCCCCCCCCCCCC)OC(=O)CCCCCCCCC/C=C\CCCCCCCCC. The van der Waals surface area contributed by atoms with Crippen molar-refractivity contribution < 1.29 is 28.6 Å². The second-order valence-corrected chi connectivity index (χ2v) is 23.4. The average Bonchev–Trinajstić information content (AvgIpc) is 3.43. The highest BCUT2D eigenvalue weighted by atomic mass is 16.6. The molecule has 6 heteroatoms. The lowest BCUT2D eigenvalue weighted by Crippen LogP contribution is -2.30. The number of hydrogen-bond acceptors (Lipinski definition) is 6. The van der Waals surface area contributed by atoms with Crippen molar-refractivity contribution in [2.24, 2.45) is 0 Å². The molecule has 452 valence electrons. The molecule has 77 heavy (non-hydrogen) atoms. The minimum atomic E-state index is -0.772. The third kappa shape index (κ3) is 64.3. The molecule has 0 heterocycles. The van der Waals surface area contributed by atoms with Gasteiger partial charge in [-0.05, 0) is 77.0 Å². The predicted molar refractivity (Wildman–Crippen MR) is 335 cm³/mol. The standard InChI is InChI=1S/C71H132O6/c1-4-7-10-13-16-19-22-25-28-30-32-33-34-35-36-37-38-39-40-42-43-46-49-52-55-58-61-64-70(73)76-67-68(66-75-69(72)63-60-57-54-51-48-45-27-24-21-18-15-12-9-6-3)77-71(74)65-62-59-56-53-50-47-44-41-31-29-26-23-20-17-14-11-8-5-2/h22,25,29-32,68H,4-21,23-24,26-28,33-67H2,1-3H3/b25-22-,31-29-,32-30-. The molecule has 0 aliphatic heterocycles. The summed E-state index contributed by atoms with van der Waals surface area (Å²) < 4.78 is 17.0. The van der Waals surface area contributed by atoms with Gasteiger partial charge < -0.3 is 14.2 Å². The molecule has 0 amide bonds. The fourth-order valence-corrected chi connectivity index (χ4v) is 10.4. The molecular weight excluding hydrogens is 949 g/mol. The number of rotatable bonds is 64. The van der Waals surface area contributed by atoms with Crippen LogP contribution < -0.4 is 0 Å². The summed E-state index contributed by atoms with van der Waals surface area (Å²) in [7, 11) is 0. The van der Waals surface area contributed by atoms with E-state index in [0.717, 1.165) is 64.2 Å². The van der Waals surface area contributed by atoms with Crippen molar-refractivity contribution in [1.29, 1.82) is 0 Å². The zero-order valence-electron chi connectivity index (χ0n) is 52.0. The Morgan fingerprint density at radius 3 is 0.727 bits per heavy atom. The Morgan fingerprint density at radius 2 is 0.468 bits per heavy atom. The fraction of sp³-hybridized carbons (Fsp3) is 0.873. The molecule has 0 aromatic rings. The second kappa shape index (κ2) is 66.1. The Balaban J connectivity index is 4.23. The first-order chi connectivity index (χ1) is 38.0. The molecule has 0 N–H and O–H groups in total. The molecule has 0 spiro atoms. The van der Waals surface area contributed by atoms with Crippen molar-refractivity contribution in [3.8, 4) is 0 Å². The summed E-state index contributed by atoms with van der Waals surface area (Å²) in [5.74, 6) is -0.845. The smallest absolute Gasteiger partial charge is 0.306 e. The van der Waals surface area contributed by atoms with Gasteiger partial charge in [0.15, 0.2) is 6.10 Å². The van der Waals surface area contributed by atoms with E-state index in [1.807, 2.05) is 0 Å². The lowest BCUT2D eigenvalue weighted by Gasteiger charge is -2.18. The highest BCUT2D eigenvalue weighted by molar-refractivity contribution is 5.71. The number of carbonyl (C=O) groups excluding carboxylic acids is 3. The summed E-state index contributed by atoms with van der Waals surface area (Å²) in [4.78, 5) is 38.4. The Labute approximate surface area is 480 Å². The largest absolute Gasteiger partial charge is 0.462 e. The molecule has 0 aliphatic rings. The Kier molecular flexibility index (Phi) is 64.1. The first-order valence-electron chi connectivity index (χ1n) is 34.5. The maximum absolute atomic E-state index is 12.9. The van der Waals surface area contributed by atoms with Crippen LogP contribution in [0.4, 0.5) is 0 Å². The molecule has 1 atom stereocenters. The molecule has 0 aliphatic carbocycles. The Morgan fingerprint density at radius 1 is 0.260 bits per heavy atom. The van der Waals surface area contributed by atoms with Crippen molar-refractivity contribution in [1.82, 2.24) is 0 Å². The van der Waals surface area contributed by atoms with Crippen LogP contribution in [0.5, 0.6) is 0 Å². The molecule has 0 radical (unpaired) electrons. The molecule has 1 unspecified atom stereocenters. The first-order valence-corrected chi connectivity index (χ1v) is 34.5. The van der Waals surface area contributed by atoms with Crippen LogP contribution in [0.2, 0.25) is 0 Å². The summed E-state index contributed by atoms with van der Waals surface area (Å²) in [5.41, 5.74) is 0. The molecule has 0 fully saturated rings. The average molecular weight is 1080 g/mol. The maximum Gasteiger partial charge on any atom is 0.306 e. The van der Waals surface area contributed by atoms with E-state index in [9.17, 15) is 14.4 Å². The lowest BCUT2D eigenvalue weighted by atomic mass is 10.0. The van der Waals surface area contributed by atoms with Gasteiger partial charge in [0.1, 0.15) is 13.2 Å². The minimum absolute atomic E-state index is 0.0684. The quantitative estimate of drug-likeness (QED) is 0.0261. The van der Waals surface area contributed by atoms with E-state index >= 15 is 0 Å². The van der Waals surface area contributed by atoms with Crippen molar-refractivity contribution >= 4 is 17.9 Å². The van der Waals surface area contributed by atoms with Crippen LogP contribution in [0.3, 0.4) is 0 Å². The van der Waals surface area contributed by atoms with Gasteiger partial charge in [-0.25, -0.2) is 0 Å². The van der Waals surface area contributed by atoms with Gasteiger partial charge in [0, 0.05) is 19.3 Å². The summed E-state index contributed by atoms with van der Waals surface area (Å²) in [6, 6.07) is 0. The first kappa shape index (κ1) is 74.6. The lowest BCUT2D eigenvalue weighted by molar-refractivity contribution is -0.167. The van der Waals surface area contributed by atoms with E-state index in [2.05, 4.69) is 57.2 Å². The number of unbranched alkanes of at least 4 members (excludes halogenated alkanes) is 47. The topological polar surface area (TPSA) is 78.9 Å². The third-order valence-electron chi connectivity index (χ3n) is 15.6. The summed E-state index contributed by atoms with van der Waals surface area (Å²) in [6.07, 6.45) is 81.6. The number of ether oxygens (including phenoxy) is 3. The molecule has 0 aromatic heterocycles. The Hall–Kier alpha value is -2.37. The van der Waals surface area contributed by atoms with Crippen LogP contribution >= 0.6 is 0 Å². The van der Waals surface area contributed by atoms with Crippen LogP contribution in [0.15, 0.2) is 36.5 Å². The van der Waals surface area contributed by atoms with Crippen LogP contribution in [-0.2, 0) is 28.6 Å². The third-order valence-corrected chi connectivity index (χ3v) is 15.6. The van der Waals surface area contributed by atoms with E-state index < -0.39 is 6.10 Å². The van der Waals surface area contributed by atoms with E-state index in [1.54, 1.807) is 0 Å². The van der Waals surface area contributed by atoms with E-state index in [4.69, 9.17) is 14.2 Å². The van der Waals surface area contributed by atoms with Crippen molar-refractivity contribution in [2.75, 3.05) is 13.2 Å². The maximum atomic E-state index is 12.9. The Bertz CT molecular complexity index is 1290. The second-order valence-electron chi connectivity index (χ2n) is 23.4. The molecule has 6 nitrogen and oxygen atoms in total. The van der Waals surface area contributed by atoms with Gasteiger partial charge in [-0.3, -0.25) is 14.4 Å². The van der Waals surface area contributed by atoms with Gasteiger partial charge in [0.05, 0.1) is 0 Å². The van der Waals surface area contributed by atoms with Crippen LogP contribution in [0, 0.1) is 0 Å². The van der Waals surface area contributed by atoms with Gasteiger partial charge in [-0.15, -0.1) is 0 Å². The van der Waals surface area contributed by atoms with Gasteiger partial charge in [0.25, 0.3) is 0 Å². The van der Waals surface area contributed by atoms with E-state index in [1.165, 1.54) is 276 Å². The number of carbonyl (C=O) groups is 3. The molecule has 0 saturated heterocycles. The highest BCUT2D eigenvalue weighted by Gasteiger charge is 2.19. The molecule has 0 rings (SSSR count). The predicted octanol–water partition coefficient (Wildman–Crippen LogP) is 23.6. The van der Waals surface area contributed by atoms with Crippen LogP contribution in [0.25, 0.3) is 0 Å². The minimum Gasteiger partial charge on any atom is -0.462 e. The fourth-order valence-electron chi connectivity index (χ4n) is 10.4. The molecule has 0 saturated carbocycles. The van der Waals surface area contributed by atoms with Gasteiger partial charge >= 0.3 is 17.9 Å². The van der Waals surface area contributed by atoms with Gasteiger partial charge in [-0.2, -0.15) is 0 Å². The molecule has 0 bridgehead atoms. The van der Waals surface area contributed by atoms with Crippen LogP contribution in [0.1, 0.15) is 380 Å². The molecular formula is C71H132O6. The normalized spacial score (nSPS) is 12.2. The summed E-state index contributed by atoms with van der Waals surface area (Å²) in [5, 5.41) is 0. The van der Waals surface area contributed by atoms with Crippen LogP contribution in [-0.4, -0.2) is 37.2 Å². The zero-order valence-corrected chi connectivity index (χ0v) is 52.0. The van der Waals surface area contributed by atoms with E-state index in [0.29, 0.717) is 19.3 Å². The summed E-state index contributed by atoms with van der Waals surface area (Å²) >= 11 is 0. The zero-order chi connectivity index (χ0) is 55.7. The number of hydrogen-bond donors (Lipinski definition) is 0. The van der Waals surface area contributed by atoms with Crippen molar-refractivity contribution in [3.63, 3.8) is 0 Å². The molecule has 0 aromatic carbocycles. The number of allylic oxidation sites excluding steroid dienone is 6. The van der Waals surface area contributed by atoms with E-state index in [-0.39, 0.29) is 31.1 Å².